The smallest absolute Gasteiger partial charge is 0.373 e. The molecule has 0 bridgehead atoms. The summed E-state index contributed by atoms with van der Waals surface area (Å²) in [6.45, 7) is 4.35. The van der Waals surface area contributed by atoms with Crippen molar-refractivity contribution < 1.29 is 19.1 Å². The van der Waals surface area contributed by atoms with E-state index in [2.05, 4.69) is 18.6 Å². The first kappa shape index (κ1) is 15.1. The SMILES string of the molecule is COC(=O)c1ccc(C(O)C2(CC(C)C)CCCC2)o1. The van der Waals surface area contributed by atoms with Gasteiger partial charge in [-0.2, -0.15) is 0 Å². The molecule has 1 fully saturated rings. The highest BCUT2D eigenvalue weighted by molar-refractivity contribution is 5.86. The van der Waals surface area contributed by atoms with Crippen molar-refractivity contribution in [3.8, 4) is 0 Å². The Labute approximate surface area is 120 Å². The van der Waals surface area contributed by atoms with Gasteiger partial charge in [0.1, 0.15) is 11.9 Å². The number of ether oxygens (including phenoxy) is 1. The molecule has 0 saturated heterocycles. The van der Waals surface area contributed by atoms with E-state index in [1.54, 1.807) is 12.1 Å². The van der Waals surface area contributed by atoms with E-state index in [1.165, 1.54) is 7.11 Å². The summed E-state index contributed by atoms with van der Waals surface area (Å²) in [5.41, 5.74) is -0.112. The number of hydrogen-bond donors (Lipinski definition) is 1. The zero-order valence-corrected chi connectivity index (χ0v) is 12.5. The van der Waals surface area contributed by atoms with Crippen molar-refractivity contribution in [2.24, 2.45) is 11.3 Å². The van der Waals surface area contributed by atoms with Crippen LogP contribution in [0.25, 0.3) is 0 Å². The van der Waals surface area contributed by atoms with Crippen molar-refractivity contribution in [2.75, 3.05) is 7.11 Å². The number of carbonyl (C=O) groups excluding carboxylic acids is 1. The number of aliphatic hydroxyl groups excluding tert-OH is 1. The van der Waals surface area contributed by atoms with Gasteiger partial charge < -0.3 is 14.3 Å². The van der Waals surface area contributed by atoms with Gasteiger partial charge >= 0.3 is 5.97 Å². The molecule has 1 saturated carbocycles. The first-order valence-electron chi connectivity index (χ1n) is 7.34. The molecule has 0 spiro atoms. The van der Waals surface area contributed by atoms with Crippen molar-refractivity contribution >= 4 is 5.97 Å². The van der Waals surface area contributed by atoms with E-state index < -0.39 is 12.1 Å². The highest BCUT2D eigenvalue weighted by atomic mass is 16.5. The molecule has 0 aromatic carbocycles. The Morgan fingerprint density at radius 2 is 2.05 bits per heavy atom. The lowest BCUT2D eigenvalue weighted by atomic mass is 9.73. The largest absolute Gasteiger partial charge is 0.463 e. The van der Waals surface area contributed by atoms with Gasteiger partial charge in [-0.25, -0.2) is 4.79 Å². The van der Waals surface area contributed by atoms with E-state index in [0.717, 1.165) is 32.1 Å². The molecule has 0 radical (unpaired) electrons. The summed E-state index contributed by atoms with van der Waals surface area (Å²) in [6.07, 6.45) is 4.65. The summed E-state index contributed by atoms with van der Waals surface area (Å²) in [6, 6.07) is 3.26. The normalized spacial score (nSPS) is 19.2. The van der Waals surface area contributed by atoms with Crippen LogP contribution in [0.15, 0.2) is 16.5 Å². The zero-order chi connectivity index (χ0) is 14.8. The van der Waals surface area contributed by atoms with Gasteiger partial charge in [-0.15, -0.1) is 0 Å². The Kier molecular flexibility index (Phi) is 4.53. The Hall–Kier alpha value is -1.29. The highest BCUT2D eigenvalue weighted by Gasteiger charge is 2.43. The minimum atomic E-state index is -0.647. The molecule has 1 aromatic heterocycles. The molecule has 1 aliphatic carbocycles. The van der Waals surface area contributed by atoms with Crippen molar-refractivity contribution in [2.45, 2.75) is 52.1 Å². The topological polar surface area (TPSA) is 59.7 Å². The average Bonchev–Trinajstić information content (AvgIpc) is 3.05. The molecule has 20 heavy (non-hydrogen) atoms. The maximum Gasteiger partial charge on any atom is 0.373 e. The van der Waals surface area contributed by atoms with Crippen molar-refractivity contribution in [1.82, 2.24) is 0 Å². The molecule has 1 heterocycles. The van der Waals surface area contributed by atoms with E-state index in [1.807, 2.05) is 0 Å². The Balaban J connectivity index is 2.21. The number of furan rings is 1. The average molecular weight is 280 g/mol. The molecule has 1 aromatic rings. The highest BCUT2D eigenvalue weighted by Crippen LogP contribution is 2.51. The molecule has 1 unspecified atom stereocenters. The van der Waals surface area contributed by atoms with Gasteiger partial charge in [0, 0.05) is 5.41 Å². The third kappa shape index (κ3) is 2.90. The number of carbonyl (C=O) groups is 1. The Bertz CT molecular complexity index is 455. The molecule has 0 amide bonds. The second-order valence-electron chi connectivity index (χ2n) is 6.26. The molecule has 4 heteroatoms. The van der Waals surface area contributed by atoms with Crippen LogP contribution in [-0.4, -0.2) is 18.2 Å². The van der Waals surface area contributed by atoms with Crippen LogP contribution < -0.4 is 0 Å². The van der Waals surface area contributed by atoms with Crippen LogP contribution in [0.5, 0.6) is 0 Å². The maximum absolute atomic E-state index is 11.4. The summed E-state index contributed by atoms with van der Waals surface area (Å²) >= 11 is 0. The molecule has 1 aliphatic rings. The summed E-state index contributed by atoms with van der Waals surface area (Å²) in [5.74, 6) is 0.651. The molecule has 1 N–H and O–H groups in total. The van der Waals surface area contributed by atoms with Gasteiger partial charge in [-0.05, 0) is 37.3 Å². The quantitative estimate of drug-likeness (QED) is 0.835. The van der Waals surface area contributed by atoms with Crippen LogP contribution >= 0.6 is 0 Å². The van der Waals surface area contributed by atoms with Crippen molar-refractivity contribution in [3.63, 3.8) is 0 Å². The lowest BCUT2D eigenvalue weighted by Gasteiger charge is -2.34. The number of rotatable bonds is 5. The van der Waals surface area contributed by atoms with Crippen LogP contribution in [0.2, 0.25) is 0 Å². The molecule has 112 valence electrons. The van der Waals surface area contributed by atoms with Crippen LogP contribution in [-0.2, 0) is 4.74 Å². The number of aliphatic hydroxyl groups is 1. The number of methoxy groups -OCH3 is 1. The van der Waals surface area contributed by atoms with Crippen molar-refractivity contribution in [3.05, 3.63) is 23.7 Å². The lowest BCUT2D eigenvalue weighted by Crippen LogP contribution is -2.27. The summed E-state index contributed by atoms with van der Waals surface area (Å²) in [5, 5.41) is 10.7. The molecular formula is C16H24O4. The fourth-order valence-corrected chi connectivity index (χ4v) is 3.49. The Morgan fingerprint density at radius 3 is 2.60 bits per heavy atom. The van der Waals surface area contributed by atoms with Gasteiger partial charge in [0.05, 0.1) is 7.11 Å². The molecular weight excluding hydrogens is 256 g/mol. The van der Waals surface area contributed by atoms with E-state index in [0.29, 0.717) is 11.7 Å². The van der Waals surface area contributed by atoms with Gasteiger partial charge in [-0.3, -0.25) is 0 Å². The molecule has 4 nitrogen and oxygen atoms in total. The van der Waals surface area contributed by atoms with Crippen LogP contribution in [0.1, 0.15) is 68.4 Å². The zero-order valence-electron chi connectivity index (χ0n) is 12.5. The first-order chi connectivity index (χ1) is 9.48. The second-order valence-corrected chi connectivity index (χ2v) is 6.26. The van der Waals surface area contributed by atoms with Crippen LogP contribution in [0.3, 0.4) is 0 Å². The van der Waals surface area contributed by atoms with E-state index in [4.69, 9.17) is 4.42 Å². The lowest BCUT2D eigenvalue weighted by molar-refractivity contribution is -0.00477. The third-order valence-electron chi connectivity index (χ3n) is 4.28. The number of hydrogen-bond acceptors (Lipinski definition) is 4. The van der Waals surface area contributed by atoms with Crippen molar-refractivity contribution in [1.29, 1.82) is 0 Å². The predicted octanol–water partition coefficient (Wildman–Crippen LogP) is 3.71. The monoisotopic (exact) mass is 280 g/mol. The third-order valence-corrected chi connectivity index (χ3v) is 4.28. The van der Waals surface area contributed by atoms with Gasteiger partial charge in [0.2, 0.25) is 5.76 Å². The summed E-state index contributed by atoms with van der Waals surface area (Å²) in [7, 11) is 1.32. The fourth-order valence-electron chi connectivity index (χ4n) is 3.49. The summed E-state index contributed by atoms with van der Waals surface area (Å²) in [4.78, 5) is 11.4. The second kappa shape index (κ2) is 6.00. The maximum atomic E-state index is 11.4. The Morgan fingerprint density at radius 1 is 1.40 bits per heavy atom. The van der Waals surface area contributed by atoms with E-state index in [9.17, 15) is 9.90 Å². The van der Waals surface area contributed by atoms with Crippen LogP contribution in [0, 0.1) is 11.3 Å². The number of esters is 1. The standard InChI is InChI=1S/C16H24O4/c1-11(2)10-16(8-4-5-9-16)14(17)12-6-7-13(20-12)15(18)19-3/h6-7,11,14,17H,4-5,8-10H2,1-3H3. The van der Waals surface area contributed by atoms with Gasteiger partial charge in [0.15, 0.2) is 0 Å². The fraction of sp³-hybridized carbons (Fsp3) is 0.688. The minimum Gasteiger partial charge on any atom is -0.463 e. The van der Waals surface area contributed by atoms with Gasteiger partial charge in [0.25, 0.3) is 0 Å². The molecule has 1 atom stereocenters. The van der Waals surface area contributed by atoms with E-state index in [-0.39, 0.29) is 11.2 Å². The minimum absolute atomic E-state index is 0.112. The predicted molar refractivity (Wildman–Crippen MR) is 75.4 cm³/mol. The first-order valence-corrected chi connectivity index (χ1v) is 7.34. The summed E-state index contributed by atoms with van der Waals surface area (Å²) < 4.78 is 10.1. The van der Waals surface area contributed by atoms with E-state index >= 15 is 0 Å². The van der Waals surface area contributed by atoms with Crippen LogP contribution in [0.4, 0.5) is 0 Å². The molecule has 0 aliphatic heterocycles. The van der Waals surface area contributed by atoms with Gasteiger partial charge in [-0.1, -0.05) is 26.7 Å². The molecule has 2 rings (SSSR count).